The molecule has 1 aliphatic rings. The van der Waals surface area contributed by atoms with E-state index in [1.807, 2.05) is 34.9 Å². The summed E-state index contributed by atoms with van der Waals surface area (Å²) in [4.78, 5) is 50.4. The molecule has 0 bridgehead atoms. The minimum Gasteiger partial charge on any atom is -0.462 e. The normalized spacial score (nSPS) is 12.8. The van der Waals surface area contributed by atoms with E-state index >= 15 is 0 Å². The van der Waals surface area contributed by atoms with Crippen LogP contribution in [0.15, 0.2) is 59.8 Å². The lowest BCUT2D eigenvalue weighted by molar-refractivity contribution is -0.384. The van der Waals surface area contributed by atoms with Crippen molar-refractivity contribution in [1.82, 2.24) is 20.1 Å². The minimum atomic E-state index is -0.594. The molecule has 0 saturated heterocycles. The Morgan fingerprint density at radius 3 is 2.57 bits per heavy atom. The third-order valence-electron chi connectivity index (χ3n) is 7.01. The van der Waals surface area contributed by atoms with Crippen LogP contribution in [0.1, 0.15) is 62.8 Å². The monoisotopic (exact) mass is 634 g/mol. The van der Waals surface area contributed by atoms with Gasteiger partial charge in [-0.2, -0.15) is 0 Å². The number of hydrogen-bond acceptors (Lipinski definition) is 10. The number of hydrogen-bond donors (Lipinski definition) is 2. The molecule has 2 N–H and O–H groups in total. The lowest BCUT2D eigenvalue weighted by atomic mass is 10.1. The van der Waals surface area contributed by atoms with Gasteiger partial charge < -0.3 is 19.9 Å². The third-order valence-corrected chi connectivity index (χ3v) is 9.30. The molecule has 0 aliphatic heterocycles. The maximum atomic E-state index is 13.4. The van der Waals surface area contributed by atoms with Crippen LogP contribution in [-0.4, -0.2) is 49.3 Å². The number of carbonyl (C=O) groups is 3. The molecule has 0 unspecified atom stereocenters. The van der Waals surface area contributed by atoms with Crippen LogP contribution in [0.25, 0.3) is 0 Å². The minimum absolute atomic E-state index is 0.0421. The van der Waals surface area contributed by atoms with Crippen LogP contribution in [-0.2, 0) is 35.5 Å². The van der Waals surface area contributed by atoms with Crippen molar-refractivity contribution in [3.63, 3.8) is 0 Å². The number of aryl methyl sites for hydroxylation is 1. The first-order chi connectivity index (χ1) is 21.2. The Kier molecular flexibility index (Phi) is 9.70. The van der Waals surface area contributed by atoms with Gasteiger partial charge in [0.1, 0.15) is 5.00 Å². The summed E-state index contributed by atoms with van der Waals surface area (Å²) in [5, 5.41) is 25.7. The van der Waals surface area contributed by atoms with Crippen LogP contribution in [0.2, 0.25) is 0 Å². The van der Waals surface area contributed by atoms with Gasteiger partial charge in [0.2, 0.25) is 5.91 Å². The molecule has 0 fully saturated rings. The lowest BCUT2D eigenvalue weighted by Gasteiger charge is -2.14. The Labute approximate surface area is 261 Å². The Morgan fingerprint density at radius 1 is 1.11 bits per heavy atom. The largest absolute Gasteiger partial charge is 0.462 e. The maximum Gasteiger partial charge on any atom is 0.341 e. The molecule has 4 aromatic rings. The summed E-state index contributed by atoms with van der Waals surface area (Å²) in [6.45, 7) is 4.19. The number of carbonyl (C=O) groups excluding carboxylic acids is 3. The zero-order valence-corrected chi connectivity index (χ0v) is 25.7. The Morgan fingerprint density at radius 2 is 1.86 bits per heavy atom. The summed E-state index contributed by atoms with van der Waals surface area (Å²) in [6, 6.07) is 15.0. The highest BCUT2D eigenvalue weighted by atomic mass is 32.2. The van der Waals surface area contributed by atoms with Crippen LogP contribution in [0, 0.1) is 10.1 Å². The number of nitrogens with zero attached hydrogens (tertiary/aromatic N) is 4. The SMILES string of the molecule is CCOC(=O)c1c(NC(=O)[C@@H](C)Sc2nnc(CNC(=O)c3ccc([N+](=O)[O-])cc3)n2Cc2ccccc2)sc2c1CCC2. The van der Waals surface area contributed by atoms with Crippen LogP contribution in [0.4, 0.5) is 10.7 Å². The van der Waals surface area contributed by atoms with Gasteiger partial charge in [-0.1, -0.05) is 42.1 Å². The van der Waals surface area contributed by atoms with Crippen molar-refractivity contribution >= 4 is 51.6 Å². The van der Waals surface area contributed by atoms with E-state index in [0.717, 1.165) is 35.3 Å². The summed E-state index contributed by atoms with van der Waals surface area (Å²) in [5.41, 5.74) is 2.55. The van der Waals surface area contributed by atoms with Gasteiger partial charge in [-0.15, -0.1) is 21.5 Å². The van der Waals surface area contributed by atoms with E-state index in [9.17, 15) is 24.5 Å². The van der Waals surface area contributed by atoms with Gasteiger partial charge in [-0.05, 0) is 56.4 Å². The molecule has 2 aromatic carbocycles. The molecule has 2 heterocycles. The van der Waals surface area contributed by atoms with E-state index in [-0.39, 0.29) is 30.3 Å². The zero-order chi connectivity index (χ0) is 31.2. The first-order valence-corrected chi connectivity index (χ1v) is 15.7. The molecule has 0 radical (unpaired) electrons. The van der Waals surface area contributed by atoms with Crippen LogP contribution >= 0.6 is 23.1 Å². The first kappa shape index (κ1) is 30.9. The first-order valence-electron chi connectivity index (χ1n) is 14.0. The summed E-state index contributed by atoms with van der Waals surface area (Å²) in [5.74, 6) is -0.664. The van der Waals surface area contributed by atoms with Crippen molar-refractivity contribution in [2.24, 2.45) is 0 Å². The molecule has 2 amide bonds. The molecular formula is C30H30N6O6S2. The molecule has 14 heteroatoms. The summed E-state index contributed by atoms with van der Waals surface area (Å²) >= 11 is 2.64. The third kappa shape index (κ3) is 6.97. The number of esters is 1. The number of ether oxygens (including phenoxy) is 1. The second kappa shape index (κ2) is 13.8. The highest BCUT2D eigenvalue weighted by Crippen LogP contribution is 2.40. The van der Waals surface area contributed by atoms with Crippen molar-refractivity contribution in [1.29, 1.82) is 0 Å². The average Bonchev–Trinajstić information content (AvgIpc) is 3.71. The molecule has 12 nitrogen and oxygen atoms in total. The quantitative estimate of drug-likeness (QED) is 0.0946. The lowest BCUT2D eigenvalue weighted by Crippen LogP contribution is -2.25. The molecule has 1 atom stereocenters. The smallest absolute Gasteiger partial charge is 0.341 e. The van der Waals surface area contributed by atoms with Gasteiger partial charge in [-0.3, -0.25) is 19.7 Å². The Balaban J connectivity index is 1.32. The molecule has 2 aromatic heterocycles. The van der Waals surface area contributed by atoms with E-state index in [1.165, 1.54) is 47.4 Å². The fourth-order valence-corrected chi connectivity index (χ4v) is 6.94. The molecule has 0 spiro atoms. The Hall–Kier alpha value is -4.56. The van der Waals surface area contributed by atoms with E-state index in [4.69, 9.17) is 4.74 Å². The Bertz CT molecular complexity index is 1690. The van der Waals surface area contributed by atoms with Gasteiger partial charge in [0.05, 0.1) is 35.4 Å². The van der Waals surface area contributed by atoms with Gasteiger partial charge in [0.25, 0.3) is 11.6 Å². The number of anilines is 1. The van der Waals surface area contributed by atoms with Crippen molar-refractivity contribution in [2.45, 2.75) is 56.6 Å². The number of nitrogens with one attached hydrogen (secondary N) is 2. The molecule has 5 rings (SSSR count). The van der Waals surface area contributed by atoms with Crippen LogP contribution in [0.5, 0.6) is 0 Å². The topological polar surface area (TPSA) is 158 Å². The predicted octanol–water partition coefficient (Wildman–Crippen LogP) is 5.01. The fourth-order valence-electron chi connectivity index (χ4n) is 4.79. The van der Waals surface area contributed by atoms with E-state index in [0.29, 0.717) is 28.1 Å². The second-order valence-corrected chi connectivity index (χ2v) is 12.4. The van der Waals surface area contributed by atoms with Gasteiger partial charge in [0.15, 0.2) is 11.0 Å². The van der Waals surface area contributed by atoms with Crippen molar-refractivity contribution < 1.29 is 24.0 Å². The number of nitro groups is 1. The summed E-state index contributed by atoms with van der Waals surface area (Å²) in [6.07, 6.45) is 2.63. The van der Waals surface area contributed by atoms with Gasteiger partial charge >= 0.3 is 5.97 Å². The highest BCUT2D eigenvalue weighted by Gasteiger charge is 2.30. The standard InChI is InChI=1S/C30H30N6O6S2/c1-3-42-29(39)25-22-10-7-11-23(22)44-28(25)32-26(37)18(2)43-30-34-33-24(35(30)17-19-8-5-4-6-9-19)16-31-27(38)20-12-14-21(15-13-20)36(40)41/h4-6,8-9,12-15,18H,3,7,10-11,16-17H2,1-2H3,(H,31,38)(H,32,37)/t18-/m1/s1. The number of amides is 2. The van der Waals surface area contributed by atoms with E-state index in [2.05, 4.69) is 20.8 Å². The number of fused-ring (bicyclic) bond motifs is 1. The van der Waals surface area contributed by atoms with Crippen molar-refractivity contribution in [2.75, 3.05) is 11.9 Å². The van der Waals surface area contributed by atoms with Crippen LogP contribution < -0.4 is 10.6 Å². The second-order valence-electron chi connectivity index (χ2n) is 9.99. The van der Waals surface area contributed by atoms with Gasteiger partial charge in [0, 0.05) is 22.6 Å². The number of thiophene rings is 1. The summed E-state index contributed by atoms with van der Waals surface area (Å²) in [7, 11) is 0. The number of aromatic nitrogens is 3. The fraction of sp³-hybridized carbons (Fsp3) is 0.300. The number of non-ortho nitro benzene ring substituents is 1. The zero-order valence-electron chi connectivity index (χ0n) is 24.1. The van der Waals surface area contributed by atoms with Crippen molar-refractivity contribution in [3.05, 3.63) is 97.7 Å². The van der Waals surface area contributed by atoms with E-state index in [1.54, 1.807) is 13.8 Å². The number of nitro benzene ring substituents is 1. The molecule has 0 saturated carbocycles. The average molecular weight is 635 g/mol. The summed E-state index contributed by atoms with van der Waals surface area (Å²) < 4.78 is 7.12. The predicted molar refractivity (Wildman–Crippen MR) is 166 cm³/mol. The van der Waals surface area contributed by atoms with E-state index < -0.39 is 22.0 Å². The van der Waals surface area contributed by atoms with Gasteiger partial charge in [-0.25, -0.2) is 4.79 Å². The number of thioether (sulfide) groups is 1. The maximum absolute atomic E-state index is 13.4. The molecule has 44 heavy (non-hydrogen) atoms. The molecular weight excluding hydrogens is 605 g/mol. The highest BCUT2D eigenvalue weighted by molar-refractivity contribution is 8.00. The van der Waals surface area contributed by atoms with Crippen LogP contribution in [0.3, 0.4) is 0 Å². The number of rotatable bonds is 12. The molecule has 228 valence electrons. The van der Waals surface area contributed by atoms with Crippen molar-refractivity contribution in [3.8, 4) is 0 Å². The molecule has 1 aliphatic carbocycles. The number of benzene rings is 2.